The number of hydrogen-bond donors (Lipinski definition) is 3. The van der Waals surface area contributed by atoms with E-state index < -0.39 is 0 Å². The van der Waals surface area contributed by atoms with E-state index in [2.05, 4.69) is 20.6 Å². The highest BCUT2D eigenvalue weighted by Crippen LogP contribution is 2.38. The van der Waals surface area contributed by atoms with Gasteiger partial charge in [0.15, 0.2) is 11.6 Å². The molecule has 1 amide bonds. The maximum absolute atomic E-state index is 12.4. The molecule has 1 fully saturated rings. The molecule has 1 aromatic heterocycles. The van der Waals surface area contributed by atoms with Crippen LogP contribution >= 0.6 is 0 Å². The topological polar surface area (TPSA) is 99.6 Å². The zero-order chi connectivity index (χ0) is 17.2. The molecule has 3 N–H and O–H groups in total. The van der Waals surface area contributed by atoms with Crippen LogP contribution in [0.5, 0.6) is 0 Å². The molecule has 2 atom stereocenters. The summed E-state index contributed by atoms with van der Waals surface area (Å²) in [6, 6.07) is 8.98. The molecule has 25 heavy (non-hydrogen) atoms. The van der Waals surface area contributed by atoms with Crippen LogP contribution in [0.1, 0.15) is 23.2 Å². The van der Waals surface area contributed by atoms with Crippen molar-refractivity contribution in [2.45, 2.75) is 25.2 Å². The lowest BCUT2D eigenvalue weighted by Gasteiger charge is -2.24. The van der Waals surface area contributed by atoms with E-state index in [4.69, 9.17) is 4.74 Å². The van der Waals surface area contributed by atoms with Crippen molar-refractivity contribution in [1.29, 1.82) is 0 Å². The fourth-order valence-corrected chi connectivity index (χ4v) is 3.15. The minimum atomic E-state index is -0.223. The van der Waals surface area contributed by atoms with Gasteiger partial charge in [-0.1, -0.05) is 18.2 Å². The number of carbonyl (C=O) groups excluding carboxylic acids is 1. The number of ether oxygens (including phenoxy) is 1. The minimum Gasteiger partial charge on any atom is -0.394 e. The van der Waals surface area contributed by atoms with Crippen LogP contribution in [0, 0.1) is 0 Å². The van der Waals surface area contributed by atoms with E-state index >= 15 is 0 Å². The Morgan fingerprint density at radius 3 is 2.92 bits per heavy atom. The number of benzene rings is 1. The highest BCUT2D eigenvalue weighted by Gasteiger charge is 2.35. The first-order valence-electron chi connectivity index (χ1n) is 8.24. The summed E-state index contributed by atoms with van der Waals surface area (Å²) in [5.74, 6) is 0.916. The van der Waals surface area contributed by atoms with Crippen LogP contribution in [0.3, 0.4) is 0 Å². The first kappa shape index (κ1) is 15.8. The predicted molar refractivity (Wildman–Crippen MR) is 92.4 cm³/mol. The van der Waals surface area contributed by atoms with E-state index in [0.29, 0.717) is 29.6 Å². The number of aliphatic hydroxyl groups excluding tert-OH is 1. The number of nitrogens with zero attached hydrogens (tertiary/aromatic N) is 3. The van der Waals surface area contributed by atoms with Gasteiger partial charge < -0.3 is 25.4 Å². The zero-order valence-corrected chi connectivity index (χ0v) is 13.6. The average Bonchev–Trinajstić information content (AvgIpc) is 3.29. The van der Waals surface area contributed by atoms with Crippen molar-refractivity contribution in [2.75, 3.05) is 28.8 Å². The van der Waals surface area contributed by atoms with Crippen LogP contribution in [-0.2, 0) is 4.74 Å². The monoisotopic (exact) mass is 341 g/mol. The largest absolute Gasteiger partial charge is 0.394 e. The van der Waals surface area contributed by atoms with Gasteiger partial charge in [0, 0.05) is 5.56 Å². The second-order valence-electron chi connectivity index (χ2n) is 6.02. The Balaban J connectivity index is 1.54. The van der Waals surface area contributed by atoms with E-state index in [1.165, 1.54) is 6.33 Å². The third-order valence-corrected chi connectivity index (χ3v) is 4.43. The number of aromatic nitrogens is 2. The van der Waals surface area contributed by atoms with Crippen LogP contribution in [-0.4, -0.2) is 46.6 Å². The molecular weight excluding hydrogens is 322 g/mol. The number of carbonyl (C=O) groups is 1. The van der Waals surface area contributed by atoms with E-state index in [-0.39, 0.29) is 24.8 Å². The van der Waals surface area contributed by atoms with Gasteiger partial charge in [-0.15, -0.1) is 0 Å². The molecule has 0 bridgehead atoms. The van der Waals surface area contributed by atoms with Crippen LogP contribution < -0.4 is 15.5 Å². The molecule has 2 aliphatic heterocycles. The second-order valence-corrected chi connectivity index (χ2v) is 6.02. The molecule has 0 aliphatic carbocycles. The summed E-state index contributed by atoms with van der Waals surface area (Å²) in [4.78, 5) is 22.9. The van der Waals surface area contributed by atoms with Crippen LogP contribution in [0.25, 0.3) is 0 Å². The van der Waals surface area contributed by atoms with Gasteiger partial charge in [0.05, 0.1) is 19.4 Å². The molecule has 1 aromatic carbocycles. The number of nitrogens with one attached hydrogen (secondary N) is 2. The lowest BCUT2D eigenvalue weighted by Crippen LogP contribution is -2.35. The summed E-state index contributed by atoms with van der Waals surface area (Å²) in [7, 11) is 0. The van der Waals surface area contributed by atoms with Crippen molar-refractivity contribution >= 4 is 23.2 Å². The molecule has 2 aromatic rings. The van der Waals surface area contributed by atoms with E-state index in [1.807, 2.05) is 23.1 Å². The molecule has 130 valence electrons. The Hall–Kier alpha value is -2.71. The van der Waals surface area contributed by atoms with Crippen molar-refractivity contribution in [3.63, 3.8) is 0 Å². The number of aliphatic hydroxyl groups is 1. The Morgan fingerprint density at radius 2 is 2.16 bits per heavy atom. The molecule has 4 rings (SSSR count). The lowest BCUT2D eigenvalue weighted by atomic mass is 10.2. The smallest absolute Gasteiger partial charge is 0.256 e. The van der Waals surface area contributed by atoms with Crippen molar-refractivity contribution in [3.8, 4) is 0 Å². The van der Waals surface area contributed by atoms with Gasteiger partial charge in [-0.25, -0.2) is 9.97 Å². The van der Waals surface area contributed by atoms with Gasteiger partial charge in [0.2, 0.25) is 0 Å². The molecule has 0 spiro atoms. The van der Waals surface area contributed by atoms with Gasteiger partial charge in [0.1, 0.15) is 18.2 Å². The number of rotatable bonds is 4. The first-order chi connectivity index (χ1) is 12.3. The Bertz CT molecular complexity index is 770. The summed E-state index contributed by atoms with van der Waals surface area (Å²) in [6.45, 7) is 0.540. The Morgan fingerprint density at radius 1 is 1.32 bits per heavy atom. The average molecular weight is 341 g/mol. The molecular formula is C17H19N5O3. The fourth-order valence-electron chi connectivity index (χ4n) is 3.15. The SMILES string of the molecule is O=C(Nc1ncnc2c1NCN2C1CCC(CO)O1)c1ccccc1. The quantitative estimate of drug-likeness (QED) is 0.773. The van der Waals surface area contributed by atoms with Gasteiger partial charge >= 0.3 is 0 Å². The third kappa shape index (κ3) is 3.01. The number of anilines is 3. The summed E-state index contributed by atoms with van der Waals surface area (Å²) in [5, 5.41) is 15.3. The van der Waals surface area contributed by atoms with Crippen LogP contribution in [0.15, 0.2) is 36.7 Å². The molecule has 2 unspecified atom stereocenters. The standard InChI is InChI=1S/C17H19N5O3/c23-8-12-6-7-13(25-12)22-10-20-14-15(18-9-19-16(14)22)21-17(24)11-4-2-1-3-5-11/h1-5,9,12-13,20,23H,6-8,10H2,(H,18,19,21,24). The maximum atomic E-state index is 12.4. The summed E-state index contributed by atoms with van der Waals surface area (Å²) in [6.07, 6.45) is 2.79. The van der Waals surface area contributed by atoms with Crippen LogP contribution in [0.2, 0.25) is 0 Å². The van der Waals surface area contributed by atoms with E-state index in [0.717, 1.165) is 12.8 Å². The third-order valence-electron chi connectivity index (χ3n) is 4.43. The molecule has 8 nitrogen and oxygen atoms in total. The minimum absolute atomic E-state index is 0.0206. The van der Waals surface area contributed by atoms with E-state index in [1.54, 1.807) is 12.1 Å². The number of hydrogen-bond acceptors (Lipinski definition) is 7. The summed E-state index contributed by atoms with van der Waals surface area (Å²) >= 11 is 0. The highest BCUT2D eigenvalue weighted by molar-refractivity contribution is 6.06. The normalized spacial score (nSPS) is 21.7. The van der Waals surface area contributed by atoms with Crippen molar-refractivity contribution in [1.82, 2.24) is 9.97 Å². The van der Waals surface area contributed by atoms with Gasteiger partial charge in [0.25, 0.3) is 5.91 Å². The molecule has 3 heterocycles. The molecule has 0 radical (unpaired) electrons. The highest BCUT2D eigenvalue weighted by atomic mass is 16.5. The van der Waals surface area contributed by atoms with Gasteiger partial charge in [-0.2, -0.15) is 0 Å². The predicted octanol–water partition coefficient (Wildman–Crippen LogP) is 1.42. The fraction of sp³-hybridized carbons (Fsp3) is 0.353. The molecule has 2 aliphatic rings. The summed E-state index contributed by atoms with van der Waals surface area (Å²) in [5.41, 5.74) is 1.25. The van der Waals surface area contributed by atoms with Crippen molar-refractivity contribution < 1.29 is 14.6 Å². The van der Waals surface area contributed by atoms with Gasteiger partial charge in [-0.3, -0.25) is 4.79 Å². The van der Waals surface area contributed by atoms with Gasteiger partial charge in [-0.05, 0) is 25.0 Å². The molecule has 0 saturated carbocycles. The maximum Gasteiger partial charge on any atom is 0.256 e. The Kier molecular flexibility index (Phi) is 4.21. The van der Waals surface area contributed by atoms with Crippen molar-refractivity contribution in [3.05, 3.63) is 42.2 Å². The first-order valence-corrected chi connectivity index (χ1v) is 8.24. The van der Waals surface area contributed by atoms with Crippen LogP contribution in [0.4, 0.5) is 17.3 Å². The lowest BCUT2D eigenvalue weighted by molar-refractivity contribution is 0.0115. The van der Waals surface area contributed by atoms with E-state index in [9.17, 15) is 9.90 Å². The second kappa shape index (κ2) is 6.66. The Labute approximate surface area is 144 Å². The number of fused-ring (bicyclic) bond motifs is 1. The zero-order valence-electron chi connectivity index (χ0n) is 13.6. The summed E-state index contributed by atoms with van der Waals surface area (Å²) < 4.78 is 5.83. The number of amides is 1. The molecule has 1 saturated heterocycles. The molecule has 8 heteroatoms. The van der Waals surface area contributed by atoms with Crippen molar-refractivity contribution in [2.24, 2.45) is 0 Å².